The minimum absolute atomic E-state index is 0.117. The summed E-state index contributed by atoms with van der Waals surface area (Å²) >= 11 is 5.97. The Morgan fingerprint density at radius 1 is 1.33 bits per heavy atom. The molecular weight excluding hydrogens is 256 g/mol. The lowest BCUT2D eigenvalue weighted by Gasteiger charge is -2.04. The second-order valence-corrected chi connectivity index (χ2v) is 4.10. The van der Waals surface area contributed by atoms with Crippen LogP contribution in [0.3, 0.4) is 0 Å². The van der Waals surface area contributed by atoms with Crippen LogP contribution in [-0.4, -0.2) is 11.1 Å². The monoisotopic (exact) mass is 266 g/mol. The fourth-order valence-corrected chi connectivity index (χ4v) is 1.64. The second-order valence-electron chi connectivity index (χ2n) is 3.69. The van der Waals surface area contributed by atoms with Crippen molar-refractivity contribution in [2.24, 2.45) is 0 Å². The van der Waals surface area contributed by atoms with Gasteiger partial charge in [-0.25, -0.2) is 4.79 Å². The minimum Gasteiger partial charge on any atom is -0.478 e. The van der Waals surface area contributed by atoms with E-state index in [-0.39, 0.29) is 12.2 Å². The van der Waals surface area contributed by atoms with Crippen molar-refractivity contribution >= 4 is 17.6 Å². The molecule has 0 radical (unpaired) electrons. The summed E-state index contributed by atoms with van der Waals surface area (Å²) in [5, 5.41) is 9.36. The molecule has 0 unspecified atom stereocenters. The maximum absolute atomic E-state index is 10.6. The van der Waals surface area contributed by atoms with Crippen LogP contribution in [0, 0.1) is 0 Å². The molecule has 1 aromatic heterocycles. The van der Waals surface area contributed by atoms with Gasteiger partial charge in [0.1, 0.15) is 18.6 Å². The smallest absolute Gasteiger partial charge is 0.338 e. The summed E-state index contributed by atoms with van der Waals surface area (Å²) < 4.78 is 10.5. The Labute approximate surface area is 109 Å². The average molecular weight is 267 g/mol. The molecule has 2 aromatic rings. The van der Waals surface area contributed by atoms with E-state index in [1.54, 1.807) is 6.07 Å². The predicted octanol–water partition coefficient (Wildman–Crippen LogP) is 3.35. The highest BCUT2D eigenvalue weighted by Gasteiger charge is 2.08. The zero-order chi connectivity index (χ0) is 13.0. The van der Waals surface area contributed by atoms with Crippen molar-refractivity contribution in [3.63, 3.8) is 0 Å². The zero-order valence-corrected chi connectivity index (χ0v) is 10.2. The molecule has 0 aliphatic rings. The van der Waals surface area contributed by atoms with Gasteiger partial charge in [0.25, 0.3) is 0 Å². The number of benzene rings is 1. The molecular formula is C13H11ClO4. The predicted molar refractivity (Wildman–Crippen MR) is 65.6 cm³/mol. The molecule has 0 atom stereocenters. The highest BCUT2D eigenvalue weighted by molar-refractivity contribution is 6.31. The van der Waals surface area contributed by atoms with Gasteiger partial charge >= 0.3 is 5.97 Å². The number of rotatable bonds is 5. The Hall–Kier alpha value is -1.78. The quantitative estimate of drug-likeness (QED) is 0.902. The van der Waals surface area contributed by atoms with E-state index in [4.69, 9.17) is 25.9 Å². The molecule has 0 bridgehead atoms. The first-order valence-electron chi connectivity index (χ1n) is 5.28. The molecule has 5 heteroatoms. The molecule has 1 aromatic carbocycles. The summed E-state index contributed by atoms with van der Waals surface area (Å²) in [7, 11) is 0. The summed E-state index contributed by atoms with van der Waals surface area (Å²) in [6.07, 6.45) is 1.19. The lowest BCUT2D eigenvalue weighted by atomic mass is 10.2. The van der Waals surface area contributed by atoms with Crippen molar-refractivity contribution in [2.45, 2.75) is 13.2 Å². The molecule has 0 fully saturated rings. The van der Waals surface area contributed by atoms with Crippen molar-refractivity contribution in [3.05, 3.63) is 58.5 Å². The molecule has 0 saturated carbocycles. The molecule has 18 heavy (non-hydrogen) atoms. The van der Waals surface area contributed by atoms with E-state index in [0.29, 0.717) is 17.4 Å². The van der Waals surface area contributed by atoms with E-state index >= 15 is 0 Å². The maximum atomic E-state index is 10.6. The molecule has 0 aliphatic heterocycles. The number of hydrogen-bond acceptors (Lipinski definition) is 3. The molecule has 0 spiro atoms. The summed E-state index contributed by atoms with van der Waals surface area (Å²) in [6.45, 7) is 0.557. The topological polar surface area (TPSA) is 59.7 Å². The third-order valence-electron chi connectivity index (χ3n) is 2.36. The van der Waals surface area contributed by atoms with Gasteiger partial charge in [-0.15, -0.1) is 0 Å². The Balaban J connectivity index is 1.88. The second kappa shape index (κ2) is 5.71. The normalized spacial score (nSPS) is 10.5. The highest BCUT2D eigenvalue weighted by atomic mass is 35.5. The van der Waals surface area contributed by atoms with Crippen molar-refractivity contribution < 1.29 is 19.1 Å². The fraction of sp³-hybridized carbons (Fsp3) is 0.154. The number of aromatic carboxylic acids is 1. The van der Waals surface area contributed by atoms with Gasteiger partial charge in [0.05, 0.1) is 12.2 Å². The van der Waals surface area contributed by atoms with Crippen LogP contribution in [0.2, 0.25) is 5.02 Å². The number of carboxylic acids is 1. The summed E-state index contributed by atoms with van der Waals surface area (Å²) in [5.41, 5.74) is 0.996. The number of furan rings is 1. The minimum atomic E-state index is -1.02. The Morgan fingerprint density at radius 3 is 2.78 bits per heavy atom. The fourth-order valence-electron chi connectivity index (χ4n) is 1.45. The van der Waals surface area contributed by atoms with Gasteiger partial charge in [0.15, 0.2) is 0 Å². The third kappa shape index (κ3) is 3.12. The molecule has 4 nitrogen and oxygen atoms in total. The van der Waals surface area contributed by atoms with E-state index in [1.807, 2.05) is 18.2 Å². The Bertz CT molecular complexity index is 547. The van der Waals surface area contributed by atoms with E-state index in [9.17, 15) is 4.79 Å². The third-order valence-corrected chi connectivity index (χ3v) is 2.73. The van der Waals surface area contributed by atoms with Crippen molar-refractivity contribution in [1.29, 1.82) is 0 Å². The van der Waals surface area contributed by atoms with Crippen molar-refractivity contribution in [1.82, 2.24) is 0 Å². The molecule has 1 N–H and O–H groups in total. The average Bonchev–Trinajstić information content (AvgIpc) is 2.80. The Morgan fingerprint density at radius 2 is 2.11 bits per heavy atom. The van der Waals surface area contributed by atoms with Crippen LogP contribution in [0.5, 0.6) is 0 Å². The number of carbonyl (C=O) groups is 1. The largest absolute Gasteiger partial charge is 0.478 e. The van der Waals surface area contributed by atoms with Gasteiger partial charge in [0.2, 0.25) is 0 Å². The van der Waals surface area contributed by atoms with Crippen LogP contribution in [0.4, 0.5) is 0 Å². The highest BCUT2D eigenvalue weighted by Crippen LogP contribution is 2.17. The maximum Gasteiger partial charge on any atom is 0.338 e. The van der Waals surface area contributed by atoms with Gasteiger partial charge in [-0.2, -0.15) is 0 Å². The number of hydrogen-bond donors (Lipinski definition) is 1. The number of halogens is 1. The number of carboxylic acid groups (broad SMARTS) is 1. The molecule has 1 heterocycles. The standard InChI is InChI=1S/C13H11ClO4/c14-12-4-2-1-3-9(12)6-17-8-11-5-10(7-18-11)13(15)16/h1-5,7H,6,8H2,(H,15,16). The van der Waals surface area contributed by atoms with Gasteiger partial charge in [0, 0.05) is 5.02 Å². The lowest BCUT2D eigenvalue weighted by Crippen LogP contribution is -1.95. The van der Waals surface area contributed by atoms with Crippen LogP contribution in [0.1, 0.15) is 21.7 Å². The van der Waals surface area contributed by atoms with Gasteiger partial charge in [-0.05, 0) is 17.7 Å². The first-order valence-corrected chi connectivity index (χ1v) is 5.66. The van der Waals surface area contributed by atoms with Crippen LogP contribution < -0.4 is 0 Å². The lowest BCUT2D eigenvalue weighted by molar-refractivity contribution is 0.0696. The van der Waals surface area contributed by atoms with Gasteiger partial charge in [-0.3, -0.25) is 0 Å². The Kier molecular flexibility index (Phi) is 4.02. The van der Waals surface area contributed by atoms with Crippen LogP contribution >= 0.6 is 11.6 Å². The van der Waals surface area contributed by atoms with E-state index in [1.165, 1.54) is 12.3 Å². The molecule has 0 saturated heterocycles. The molecule has 0 aliphatic carbocycles. The van der Waals surface area contributed by atoms with Gasteiger partial charge in [-0.1, -0.05) is 29.8 Å². The van der Waals surface area contributed by atoms with E-state index in [0.717, 1.165) is 5.56 Å². The summed E-state index contributed by atoms with van der Waals surface area (Å²) in [5.74, 6) is -0.546. The van der Waals surface area contributed by atoms with Crippen molar-refractivity contribution in [3.8, 4) is 0 Å². The van der Waals surface area contributed by atoms with E-state index in [2.05, 4.69) is 0 Å². The summed E-state index contributed by atoms with van der Waals surface area (Å²) in [4.78, 5) is 10.6. The van der Waals surface area contributed by atoms with Crippen molar-refractivity contribution in [2.75, 3.05) is 0 Å². The summed E-state index contributed by atoms with van der Waals surface area (Å²) in [6, 6.07) is 8.81. The first kappa shape index (κ1) is 12.7. The van der Waals surface area contributed by atoms with E-state index < -0.39 is 5.97 Å². The SMILES string of the molecule is O=C(O)c1coc(COCc2ccccc2Cl)c1. The molecule has 2 rings (SSSR count). The van der Waals surface area contributed by atoms with Crippen LogP contribution in [0.15, 0.2) is 41.0 Å². The zero-order valence-electron chi connectivity index (χ0n) is 9.43. The van der Waals surface area contributed by atoms with Crippen LogP contribution in [-0.2, 0) is 18.0 Å². The van der Waals surface area contributed by atoms with Gasteiger partial charge < -0.3 is 14.3 Å². The van der Waals surface area contributed by atoms with Crippen LogP contribution in [0.25, 0.3) is 0 Å². The molecule has 0 amide bonds. The first-order chi connectivity index (χ1) is 8.66. The molecule has 94 valence electrons. The number of ether oxygens (including phenoxy) is 1.